The molecule has 5 amide bonds. The van der Waals surface area contributed by atoms with Gasteiger partial charge in [0.25, 0.3) is 5.91 Å². The molecule has 4 aromatic rings. The Morgan fingerprint density at radius 2 is 1.98 bits per heavy atom. The van der Waals surface area contributed by atoms with Crippen molar-refractivity contribution < 1.29 is 28.7 Å². The Hall–Kier alpha value is -5.67. The summed E-state index contributed by atoms with van der Waals surface area (Å²) in [5, 5.41) is 9.38. The molecule has 1 aromatic heterocycles. The van der Waals surface area contributed by atoms with Gasteiger partial charge < -0.3 is 35.6 Å². The summed E-state index contributed by atoms with van der Waals surface area (Å²) in [7, 11) is 1.59. The number of anilines is 2. The Kier molecular flexibility index (Phi) is 8.99. The number of piperazine rings is 1. The number of carbonyl (C=O) groups is 4. The van der Waals surface area contributed by atoms with Gasteiger partial charge >= 0.3 is 6.03 Å². The lowest BCUT2D eigenvalue weighted by Gasteiger charge is -2.46. The van der Waals surface area contributed by atoms with Gasteiger partial charge in [-0.3, -0.25) is 19.4 Å². The summed E-state index contributed by atoms with van der Waals surface area (Å²) < 4.78 is 11.7. The van der Waals surface area contributed by atoms with E-state index < -0.39 is 18.2 Å². The van der Waals surface area contributed by atoms with Gasteiger partial charge in [0, 0.05) is 19.5 Å². The van der Waals surface area contributed by atoms with E-state index in [1.54, 1.807) is 40.1 Å². The van der Waals surface area contributed by atoms with Gasteiger partial charge in [0.2, 0.25) is 11.8 Å². The number of amides is 5. The fourth-order valence-corrected chi connectivity index (χ4v) is 7.45. The maximum Gasteiger partial charge on any atom is 0.332 e. The molecule has 2 saturated heterocycles. The van der Waals surface area contributed by atoms with Crippen molar-refractivity contribution in [2.45, 2.75) is 31.7 Å². The molecule has 4 N–H and O–H groups in total. The van der Waals surface area contributed by atoms with Gasteiger partial charge in [-0.15, -0.1) is 6.58 Å². The van der Waals surface area contributed by atoms with Gasteiger partial charge in [-0.1, -0.05) is 47.7 Å². The summed E-state index contributed by atoms with van der Waals surface area (Å²) in [5.74, 6) is 0.438. The molecule has 14 nitrogen and oxygen atoms in total. The van der Waals surface area contributed by atoms with Crippen molar-refractivity contribution in [1.82, 2.24) is 30.1 Å². The highest BCUT2D eigenvalue weighted by molar-refractivity contribution is 7.22. The van der Waals surface area contributed by atoms with E-state index in [-0.39, 0.29) is 63.5 Å². The van der Waals surface area contributed by atoms with Crippen LogP contribution < -0.4 is 25.8 Å². The van der Waals surface area contributed by atoms with E-state index in [4.69, 9.17) is 15.2 Å². The molecule has 50 heavy (non-hydrogen) atoms. The summed E-state index contributed by atoms with van der Waals surface area (Å²) in [4.78, 5) is 61.9. The predicted octanol–water partition coefficient (Wildman–Crippen LogP) is 2.95. The SMILES string of the molecule is C=CCN(C(=O)NCc1ccc(OC)cc1)N1CC(=O)N2[C@@H](Cc3ccc4c(c3)NC(=O)CO4)C(=O)N(Cc3cccc4sc(N)nc34)C[C@@H]21. The quantitative estimate of drug-likeness (QED) is 0.212. The number of nitrogens with zero attached hydrogens (tertiary/aromatic N) is 5. The number of carbonyl (C=O) groups excluding carboxylic acids is 4. The van der Waals surface area contributed by atoms with Crippen molar-refractivity contribution in [3.05, 3.63) is 90.0 Å². The van der Waals surface area contributed by atoms with E-state index in [1.165, 1.54) is 16.3 Å². The highest BCUT2D eigenvalue weighted by Gasteiger charge is 2.52. The lowest BCUT2D eigenvalue weighted by molar-refractivity contribution is -0.157. The van der Waals surface area contributed by atoms with Gasteiger partial charge in [-0.05, 0) is 47.0 Å². The third-order valence-corrected chi connectivity index (χ3v) is 9.85. The number of hydrogen-bond donors (Lipinski definition) is 3. The van der Waals surface area contributed by atoms with Gasteiger partial charge in [-0.2, -0.15) is 5.01 Å². The third kappa shape index (κ3) is 6.40. The van der Waals surface area contributed by atoms with Crippen LogP contribution in [0.15, 0.2) is 73.3 Å². The van der Waals surface area contributed by atoms with Crippen molar-refractivity contribution >= 4 is 56.1 Å². The van der Waals surface area contributed by atoms with Gasteiger partial charge in [-0.25, -0.2) is 9.78 Å². The Morgan fingerprint density at radius 3 is 2.76 bits per heavy atom. The Labute approximate surface area is 292 Å². The summed E-state index contributed by atoms with van der Waals surface area (Å²) in [6.07, 6.45) is 1.12. The van der Waals surface area contributed by atoms with Crippen LogP contribution in [0.1, 0.15) is 16.7 Å². The molecule has 3 aliphatic heterocycles. The number of rotatable bonds is 10. The maximum atomic E-state index is 14.4. The number of ether oxygens (including phenoxy) is 2. The number of aromatic nitrogens is 1. The number of hydrogen-bond acceptors (Lipinski definition) is 10. The van der Waals surface area contributed by atoms with E-state index in [0.717, 1.165) is 26.9 Å². The second-order valence-corrected chi connectivity index (χ2v) is 13.2. The van der Waals surface area contributed by atoms with Crippen LogP contribution in [0.3, 0.4) is 0 Å². The first-order valence-corrected chi connectivity index (χ1v) is 16.9. The molecule has 0 unspecified atom stereocenters. The fraction of sp³-hybridized carbons (Fsp3) is 0.286. The van der Waals surface area contributed by atoms with Crippen molar-refractivity contribution in [2.24, 2.45) is 0 Å². The predicted molar refractivity (Wildman–Crippen MR) is 187 cm³/mol. The molecule has 2 atom stereocenters. The zero-order valence-corrected chi connectivity index (χ0v) is 28.2. The highest BCUT2D eigenvalue weighted by Crippen LogP contribution is 2.34. The molecule has 258 valence electrons. The van der Waals surface area contributed by atoms with Crippen molar-refractivity contribution in [2.75, 3.05) is 44.4 Å². The molecular formula is C35H36N8O6S. The van der Waals surface area contributed by atoms with Gasteiger partial charge in [0.1, 0.15) is 23.7 Å². The number of nitrogens with two attached hydrogens (primary N) is 1. The molecule has 3 aliphatic rings. The molecule has 0 bridgehead atoms. The van der Waals surface area contributed by atoms with Crippen molar-refractivity contribution in [1.29, 1.82) is 0 Å². The normalized spacial score (nSPS) is 18.7. The van der Waals surface area contributed by atoms with Crippen LogP contribution in [0.25, 0.3) is 10.2 Å². The molecule has 4 heterocycles. The first-order chi connectivity index (χ1) is 24.2. The van der Waals surface area contributed by atoms with Gasteiger partial charge in [0.15, 0.2) is 11.7 Å². The number of para-hydroxylation sites is 1. The number of nitrogens with one attached hydrogen (secondary N) is 2. The van der Waals surface area contributed by atoms with E-state index in [1.807, 2.05) is 48.5 Å². The number of nitrogen functional groups attached to an aromatic ring is 1. The van der Waals surface area contributed by atoms with Crippen LogP contribution in [-0.4, -0.2) is 94.1 Å². The number of hydrazine groups is 1. The summed E-state index contributed by atoms with van der Waals surface area (Å²) in [5.41, 5.74) is 9.68. The second kappa shape index (κ2) is 13.7. The molecule has 2 fully saturated rings. The Balaban J connectivity index is 1.19. The molecule has 7 rings (SSSR count). The van der Waals surface area contributed by atoms with E-state index in [9.17, 15) is 19.2 Å². The lowest BCUT2D eigenvalue weighted by atomic mass is 9.99. The zero-order chi connectivity index (χ0) is 34.9. The average Bonchev–Trinajstić information content (AvgIpc) is 3.66. The summed E-state index contributed by atoms with van der Waals surface area (Å²) >= 11 is 1.37. The van der Waals surface area contributed by atoms with Crippen LogP contribution >= 0.6 is 11.3 Å². The van der Waals surface area contributed by atoms with E-state index in [0.29, 0.717) is 22.3 Å². The third-order valence-electron chi connectivity index (χ3n) is 9.00. The highest BCUT2D eigenvalue weighted by atomic mass is 32.1. The lowest BCUT2D eigenvalue weighted by Crippen LogP contribution is -2.66. The number of fused-ring (bicyclic) bond motifs is 3. The number of urea groups is 1. The molecular weight excluding hydrogens is 661 g/mol. The molecule has 0 saturated carbocycles. The molecule has 15 heteroatoms. The van der Waals surface area contributed by atoms with Crippen LogP contribution in [0.4, 0.5) is 15.6 Å². The number of thiazole rings is 1. The van der Waals surface area contributed by atoms with Crippen LogP contribution in [0, 0.1) is 0 Å². The first kappa shape index (κ1) is 32.9. The molecule has 0 radical (unpaired) electrons. The summed E-state index contributed by atoms with van der Waals surface area (Å²) in [6, 6.07) is 17.1. The minimum absolute atomic E-state index is 0.0749. The standard InChI is InChI=1S/C35H36N8O6S/c1-3-13-41(35(47)37-16-21-7-10-24(48-2)11-8-21)42-19-31(45)43-26(15-22-9-12-27-25(14-22)38-29(44)20-49-27)33(46)40(18-30(42)43)17-23-5-4-6-28-32(23)39-34(36)50-28/h3-12,14,26,30H,1,13,15-20H2,2H3,(H2,36,39)(H,37,47)(H,38,44)/t26-,30+/m0/s1. The van der Waals surface area contributed by atoms with E-state index in [2.05, 4.69) is 22.2 Å². The zero-order valence-electron chi connectivity index (χ0n) is 27.3. The monoisotopic (exact) mass is 696 g/mol. The van der Waals surface area contributed by atoms with Crippen LogP contribution in [0.5, 0.6) is 11.5 Å². The Morgan fingerprint density at radius 1 is 1.18 bits per heavy atom. The minimum atomic E-state index is -0.892. The van der Waals surface area contributed by atoms with Gasteiger partial charge in [0.05, 0.1) is 42.6 Å². The first-order valence-electron chi connectivity index (χ1n) is 16.1. The minimum Gasteiger partial charge on any atom is -0.497 e. The fourth-order valence-electron chi connectivity index (χ4n) is 6.67. The largest absolute Gasteiger partial charge is 0.497 e. The summed E-state index contributed by atoms with van der Waals surface area (Å²) in [6.45, 7) is 4.42. The van der Waals surface area contributed by atoms with Crippen LogP contribution in [-0.2, 0) is 33.9 Å². The number of methoxy groups -OCH3 is 1. The topological polar surface area (TPSA) is 163 Å². The van der Waals surface area contributed by atoms with Crippen molar-refractivity contribution in [3.8, 4) is 11.5 Å². The average molecular weight is 697 g/mol. The Bertz CT molecular complexity index is 1980. The smallest absolute Gasteiger partial charge is 0.332 e. The maximum absolute atomic E-state index is 14.4. The van der Waals surface area contributed by atoms with Crippen molar-refractivity contribution in [3.63, 3.8) is 0 Å². The second-order valence-electron chi connectivity index (χ2n) is 12.2. The number of benzene rings is 3. The molecule has 0 aliphatic carbocycles. The molecule has 3 aromatic carbocycles. The van der Waals surface area contributed by atoms with E-state index >= 15 is 0 Å². The van der Waals surface area contributed by atoms with Crippen LogP contribution in [0.2, 0.25) is 0 Å². The molecule has 0 spiro atoms.